The highest BCUT2D eigenvalue weighted by atomic mass is 35.5. The molecule has 0 atom stereocenters. The molecule has 0 aliphatic carbocycles. The van der Waals surface area contributed by atoms with E-state index in [1.54, 1.807) is 11.8 Å². The molecule has 1 aliphatic rings. The Morgan fingerprint density at radius 3 is 2.36 bits per heavy atom. The summed E-state index contributed by atoms with van der Waals surface area (Å²) in [5.74, 6) is 0.0590. The fourth-order valence-electron chi connectivity index (χ4n) is 2.78. The molecular weight excluding hydrogens is 395 g/mol. The van der Waals surface area contributed by atoms with Crippen molar-refractivity contribution in [3.8, 4) is 0 Å². The fraction of sp³-hybridized carbons (Fsp3) is 0.556. The number of alkyl halides is 3. The van der Waals surface area contributed by atoms with Gasteiger partial charge in [-0.05, 0) is 31.2 Å². The van der Waals surface area contributed by atoms with Gasteiger partial charge in [-0.2, -0.15) is 13.2 Å². The van der Waals surface area contributed by atoms with Gasteiger partial charge in [0.15, 0.2) is 5.96 Å². The van der Waals surface area contributed by atoms with Crippen LogP contribution >= 0.6 is 11.6 Å². The van der Waals surface area contributed by atoms with Crippen molar-refractivity contribution in [3.63, 3.8) is 0 Å². The van der Waals surface area contributed by atoms with Crippen LogP contribution in [0.1, 0.15) is 13.3 Å². The fourth-order valence-corrected chi connectivity index (χ4v) is 2.90. The Balaban J connectivity index is 1.81. The van der Waals surface area contributed by atoms with Crippen molar-refractivity contribution in [1.82, 2.24) is 15.5 Å². The van der Waals surface area contributed by atoms with Gasteiger partial charge in [-0.3, -0.25) is 4.79 Å². The van der Waals surface area contributed by atoms with E-state index in [1.807, 2.05) is 24.3 Å². The second-order valence-corrected chi connectivity index (χ2v) is 6.77. The quantitative estimate of drug-likeness (QED) is 0.549. The molecule has 2 rings (SSSR count). The van der Waals surface area contributed by atoms with Crippen LogP contribution < -0.4 is 15.5 Å². The van der Waals surface area contributed by atoms with E-state index in [0.717, 1.165) is 5.69 Å². The molecule has 2 N–H and O–H groups in total. The number of hydrogen-bond donors (Lipinski definition) is 2. The average Bonchev–Trinajstić information content (AvgIpc) is 2.65. The van der Waals surface area contributed by atoms with Crippen molar-refractivity contribution in [1.29, 1.82) is 0 Å². The standard InChI is InChI=1S/C18H25ClF3N5O/c1-2-23-17(24-8-7-18(20,21)22)25-13-16(28)27-11-9-26(10-12-27)15-5-3-14(19)4-6-15/h3-6H,2,7-13H2,1H3,(H2,23,24,25). The molecule has 1 heterocycles. The van der Waals surface area contributed by atoms with Gasteiger partial charge >= 0.3 is 6.18 Å². The number of nitrogens with one attached hydrogen (secondary N) is 2. The molecule has 1 saturated heterocycles. The molecule has 0 bridgehead atoms. The van der Waals surface area contributed by atoms with E-state index in [2.05, 4.69) is 20.5 Å². The summed E-state index contributed by atoms with van der Waals surface area (Å²) in [5, 5.41) is 6.12. The van der Waals surface area contributed by atoms with Crippen LogP contribution in [0.15, 0.2) is 29.3 Å². The largest absolute Gasteiger partial charge is 0.390 e. The van der Waals surface area contributed by atoms with E-state index in [1.165, 1.54) is 0 Å². The molecule has 0 saturated carbocycles. The summed E-state index contributed by atoms with van der Waals surface area (Å²) in [4.78, 5) is 20.4. The van der Waals surface area contributed by atoms with Crippen LogP contribution in [0.3, 0.4) is 0 Å². The Hall–Kier alpha value is -2.16. The number of guanidine groups is 1. The summed E-state index contributed by atoms with van der Waals surface area (Å²) >= 11 is 5.90. The van der Waals surface area contributed by atoms with Crippen LogP contribution in [0.25, 0.3) is 0 Å². The number of rotatable bonds is 6. The first kappa shape index (κ1) is 22.1. The Morgan fingerprint density at radius 1 is 1.14 bits per heavy atom. The molecular formula is C18H25ClF3N5O. The zero-order chi connectivity index (χ0) is 20.6. The lowest BCUT2D eigenvalue weighted by Gasteiger charge is -2.36. The Kier molecular flexibility index (Phi) is 8.22. The molecule has 0 radical (unpaired) electrons. The van der Waals surface area contributed by atoms with Gasteiger partial charge in [0.25, 0.3) is 0 Å². The van der Waals surface area contributed by atoms with Gasteiger partial charge in [0.05, 0.1) is 6.42 Å². The molecule has 0 spiro atoms. The van der Waals surface area contributed by atoms with E-state index in [0.29, 0.717) is 37.7 Å². The first-order valence-corrected chi connectivity index (χ1v) is 9.53. The number of aliphatic imine (C=N–C) groups is 1. The summed E-state index contributed by atoms with van der Waals surface area (Å²) < 4.78 is 36.8. The lowest BCUT2D eigenvalue weighted by molar-refractivity contribution is -0.133. The zero-order valence-electron chi connectivity index (χ0n) is 15.7. The predicted octanol–water partition coefficient (Wildman–Crippen LogP) is 2.50. The first-order chi connectivity index (χ1) is 13.3. The van der Waals surface area contributed by atoms with E-state index in [4.69, 9.17) is 11.6 Å². The molecule has 6 nitrogen and oxygen atoms in total. The molecule has 1 amide bonds. The van der Waals surface area contributed by atoms with Gasteiger partial charge in [0.2, 0.25) is 5.91 Å². The third-order valence-electron chi connectivity index (χ3n) is 4.24. The number of piperazine rings is 1. The molecule has 1 aromatic rings. The van der Waals surface area contributed by atoms with Gasteiger partial charge < -0.3 is 20.4 Å². The molecule has 156 valence electrons. The summed E-state index contributed by atoms with van der Waals surface area (Å²) in [6.07, 6.45) is -5.19. The van der Waals surface area contributed by atoms with Crippen molar-refractivity contribution in [2.75, 3.05) is 50.7 Å². The van der Waals surface area contributed by atoms with Gasteiger partial charge in [0, 0.05) is 50.0 Å². The van der Waals surface area contributed by atoms with Crippen LogP contribution in [0.5, 0.6) is 0 Å². The summed E-state index contributed by atoms with van der Waals surface area (Å²) in [6, 6.07) is 7.55. The molecule has 1 aliphatic heterocycles. The predicted molar refractivity (Wildman–Crippen MR) is 105 cm³/mol. The first-order valence-electron chi connectivity index (χ1n) is 9.15. The number of halogens is 4. The SMILES string of the molecule is CCNC(=NCC(=O)N1CCN(c2ccc(Cl)cc2)CC1)NCCC(F)(F)F. The smallest absolute Gasteiger partial charge is 0.368 e. The van der Waals surface area contributed by atoms with Crippen LogP contribution in [-0.4, -0.2) is 68.8 Å². The number of amides is 1. The second kappa shape index (κ2) is 10.4. The van der Waals surface area contributed by atoms with Crippen molar-refractivity contribution >= 4 is 29.2 Å². The normalized spacial score (nSPS) is 15.5. The minimum Gasteiger partial charge on any atom is -0.368 e. The zero-order valence-corrected chi connectivity index (χ0v) is 16.5. The van der Waals surface area contributed by atoms with E-state index >= 15 is 0 Å². The Labute approximate surface area is 167 Å². The maximum absolute atomic E-state index is 12.4. The number of hydrogen-bond acceptors (Lipinski definition) is 3. The minimum absolute atomic E-state index is 0.109. The summed E-state index contributed by atoms with van der Waals surface area (Å²) in [5.41, 5.74) is 1.05. The van der Waals surface area contributed by atoms with Crippen LogP contribution in [-0.2, 0) is 4.79 Å². The van der Waals surface area contributed by atoms with E-state index < -0.39 is 12.6 Å². The van der Waals surface area contributed by atoms with E-state index in [9.17, 15) is 18.0 Å². The lowest BCUT2D eigenvalue weighted by Crippen LogP contribution is -2.49. The molecule has 10 heteroatoms. The molecule has 0 aromatic heterocycles. The maximum Gasteiger partial charge on any atom is 0.390 e. The highest BCUT2D eigenvalue weighted by Gasteiger charge is 2.26. The molecule has 28 heavy (non-hydrogen) atoms. The number of benzene rings is 1. The number of carbonyl (C=O) groups excluding carboxylic acids is 1. The van der Waals surface area contributed by atoms with Gasteiger partial charge in [-0.25, -0.2) is 4.99 Å². The van der Waals surface area contributed by atoms with E-state index in [-0.39, 0.29) is 25.0 Å². The van der Waals surface area contributed by atoms with Gasteiger partial charge in [-0.1, -0.05) is 11.6 Å². The van der Waals surface area contributed by atoms with Crippen LogP contribution in [0.2, 0.25) is 5.02 Å². The van der Waals surface area contributed by atoms with Crippen molar-refractivity contribution in [2.45, 2.75) is 19.5 Å². The number of nitrogens with zero attached hydrogens (tertiary/aromatic N) is 3. The van der Waals surface area contributed by atoms with Crippen molar-refractivity contribution in [3.05, 3.63) is 29.3 Å². The van der Waals surface area contributed by atoms with Crippen LogP contribution in [0, 0.1) is 0 Å². The molecule has 1 aromatic carbocycles. The molecule has 0 unspecified atom stereocenters. The minimum atomic E-state index is -4.23. The highest BCUT2D eigenvalue weighted by molar-refractivity contribution is 6.30. The Morgan fingerprint density at radius 2 is 1.79 bits per heavy atom. The molecule has 1 fully saturated rings. The third-order valence-corrected chi connectivity index (χ3v) is 4.49. The number of anilines is 1. The number of carbonyl (C=O) groups is 1. The third kappa shape index (κ3) is 7.46. The Bertz CT molecular complexity index is 658. The summed E-state index contributed by atoms with van der Waals surface area (Å²) in [7, 11) is 0. The topological polar surface area (TPSA) is 60.0 Å². The summed E-state index contributed by atoms with van der Waals surface area (Å²) in [6.45, 7) is 4.42. The maximum atomic E-state index is 12.4. The van der Waals surface area contributed by atoms with Gasteiger partial charge in [-0.15, -0.1) is 0 Å². The monoisotopic (exact) mass is 419 g/mol. The average molecular weight is 420 g/mol. The highest BCUT2D eigenvalue weighted by Crippen LogP contribution is 2.19. The second-order valence-electron chi connectivity index (χ2n) is 6.33. The van der Waals surface area contributed by atoms with Gasteiger partial charge in [0.1, 0.15) is 6.54 Å². The lowest BCUT2D eigenvalue weighted by atomic mass is 10.2. The van der Waals surface area contributed by atoms with Crippen LogP contribution in [0.4, 0.5) is 18.9 Å². The van der Waals surface area contributed by atoms with Crippen molar-refractivity contribution in [2.24, 2.45) is 4.99 Å². The van der Waals surface area contributed by atoms with Crippen molar-refractivity contribution < 1.29 is 18.0 Å².